The molecule has 0 unspecified atom stereocenters. The van der Waals surface area contributed by atoms with Crippen LogP contribution in [0.4, 0.5) is 0 Å². The average Bonchev–Trinajstić information content (AvgIpc) is 2.69. The molecule has 114 valence electrons. The molecule has 3 rings (SSSR count). The molecule has 3 aliphatic rings. The number of fused-ring (bicyclic) bond motifs is 2. The fraction of sp³-hybridized carbons (Fsp3) is 0.647. The predicted octanol–water partition coefficient (Wildman–Crippen LogP) is 3.13. The highest BCUT2D eigenvalue weighted by atomic mass is 16.5. The molecule has 0 aromatic carbocycles. The third kappa shape index (κ3) is 2.03. The number of rotatable bonds is 1. The largest absolute Gasteiger partial charge is 0.458 e. The molecule has 0 aromatic heterocycles. The summed E-state index contributed by atoms with van der Waals surface area (Å²) in [5.41, 5.74) is 1.55. The fourth-order valence-corrected chi connectivity index (χ4v) is 4.60. The van der Waals surface area contributed by atoms with E-state index in [4.69, 9.17) is 9.47 Å². The molecule has 2 aliphatic carbocycles. The molecule has 0 spiro atoms. The van der Waals surface area contributed by atoms with Crippen LogP contribution >= 0.6 is 0 Å². The first kappa shape index (κ1) is 14.4. The third-order valence-electron chi connectivity index (χ3n) is 5.35. The SMILES string of the molecule is CC(=O)OC1=CC2=C(COC2=O)[C@@]2(C)CCCC(C)(C)[C@H]12. The Morgan fingerprint density at radius 1 is 1.33 bits per heavy atom. The van der Waals surface area contributed by atoms with Gasteiger partial charge in [0.05, 0.1) is 5.57 Å². The molecule has 0 radical (unpaired) electrons. The van der Waals surface area contributed by atoms with Crippen LogP contribution in [-0.2, 0) is 19.1 Å². The second-order valence-corrected chi connectivity index (χ2v) is 7.30. The van der Waals surface area contributed by atoms with Gasteiger partial charge in [0.1, 0.15) is 12.4 Å². The topological polar surface area (TPSA) is 52.6 Å². The quantitative estimate of drug-likeness (QED) is 0.696. The molecule has 0 aromatic rings. The third-order valence-corrected chi connectivity index (χ3v) is 5.35. The lowest BCUT2D eigenvalue weighted by Crippen LogP contribution is -2.47. The number of carbonyl (C=O) groups excluding carboxylic acids is 2. The summed E-state index contributed by atoms with van der Waals surface area (Å²) in [4.78, 5) is 23.4. The molecular formula is C17H22O4. The van der Waals surface area contributed by atoms with Crippen molar-refractivity contribution < 1.29 is 19.1 Å². The van der Waals surface area contributed by atoms with Gasteiger partial charge in [-0.15, -0.1) is 0 Å². The Kier molecular flexibility index (Phi) is 3.05. The van der Waals surface area contributed by atoms with Gasteiger partial charge in [-0.3, -0.25) is 4.79 Å². The Hall–Kier alpha value is -1.58. The fourth-order valence-electron chi connectivity index (χ4n) is 4.60. The second kappa shape index (κ2) is 4.46. The summed E-state index contributed by atoms with van der Waals surface area (Å²) in [7, 11) is 0. The normalized spacial score (nSPS) is 33.8. The van der Waals surface area contributed by atoms with Gasteiger partial charge in [-0.2, -0.15) is 0 Å². The van der Waals surface area contributed by atoms with Gasteiger partial charge >= 0.3 is 11.9 Å². The van der Waals surface area contributed by atoms with Gasteiger partial charge in [0.25, 0.3) is 0 Å². The molecule has 1 fully saturated rings. The molecule has 2 atom stereocenters. The highest BCUT2D eigenvalue weighted by molar-refractivity contribution is 5.96. The van der Waals surface area contributed by atoms with E-state index in [0.29, 0.717) is 17.9 Å². The van der Waals surface area contributed by atoms with Crippen LogP contribution in [0.5, 0.6) is 0 Å². The van der Waals surface area contributed by atoms with E-state index in [1.807, 2.05) is 0 Å². The van der Waals surface area contributed by atoms with E-state index in [2.05, 4.69) is 20.8 Å². The number of ether oxygens (including phenoxy) is 2. The van der Waals surface area contributed by atoms with E-state index < -0.39 is 0 Å². The Balaban J connectivity index is 2.15. The van der Waals surface area contributed by atoms with Gasteiger partial charge < -0.3 is 9.47 Å². The first-order chi connectivity index (χ1) is 9.75. The molecule has 0 N–H and O–H groups in total. The molecule has 4 nitrogen and oxygen atoms in total. The van der Waals surface area contributed by atoms with Gasteiger partial charge in [0.2, 0.25) is 0 Å². The van der Waals surface area contributed by atoms with Crippen molar-refractivity contribution >= 4 is 11.9 Å². The summed E-state index contributed by atoms with van der Waals surface area (Å²) in [6.07, 6.45) is 4.93. The van der Waals surface area contributed by atoms with Crippen LogP contribution in [0.1, 0.15) is 47.0 Å². The summed E-state index contributed by atoms with van der Waals surface area (Å²) in [6.45, 7) is 8.41. The number of carbonyl (C=O) groups is 2. The first-order valence-electron chi connectivity index (χ1n) is 7.56. The number of hydrogen-bond donors (Lipinski definition) is 0. The lowest BCUT2D eigenvalue weighted by Gasteiger charge is -2.53. The summed E-state index contributed by atoms with van der Waals surface area (Å²) >= 11 is 0. The highest BCUT2D eigenvalue weighted by Crippen LogP contribution is 2.60. The van der Waals surface area contributed by atoms with Crippen LogP contribution in [-0.4, -0.2) is 18.5 Å². The molecule has 4 heteroatoms. The number of hydrogen-bond acceptors (Lipinski definition) is 4. The minimum absolute atomic E-state index is 0.0262. The van der Waals surface area contributed by atoms with E-state index in [9.17, 15) is 9.59 Å². The summed E-state index contributed by atoms with van der Waals surface area (Å²) in [6, 6.07) is 0. The van der Waals surface area contributed by atoms with Crippen molar-refractivity contribution in [1.29, 1.82) is 0 Å². The van der Waals surface area contributed by atoms with Crippen LogP contribution in [0.2, 0.25) is 0 Å². The van der Waals surface area contributed by atoms with Crippen LogP contribution < -0.4 is 0 Å². The van der Waals surface area contributed by atoms with Crippen molar-refractivity contribution in [2.24, 2.45) is 16.7 Å². The summed E-state index contributed by atoms with van der Waals surface area (Å²) in [5, 5.41) is 0. The number of cyclic esters (lactones) is 1. The van der Waals surface area contributed by atoms with Crippen molar-refractivity contribution in [1.82, 2.24) is 0 Å². The van der Waals surface area contributed by atoms with Crippen molar-refractivity contribution in [2.75, 3.05) is 6.61 Å². The van der Waals surface area contributed by atoms with Gasteiger partial charge in [-0.1, -0.05) is 27.2 Å². The summed E-state index contributed by atoms with van der Waals surface area (Å²) < 4.78 is 10.7. The number of esters is 2. The smallest absolute Gasteiger partial charge is 0.338 e. The Morgan fingerprint density at radius 3 is 2.71 bits per heavy atom. The van der Waals surface area contributed by atoms with Crippen LogP contribution in [0.25, 0.3) is 0 Å². The Morgan fingerprint density at radius 2 is 2.05 bits per heavy atom. The zero-order chi connectivity index (χ0) is 15.4. The molecule has 1 saturated carbocycles. The lowest BCUT2D eigenvalue weighted by atomic mass is 9.51. The first-order valence-corrected chi connectivity index (χ1v) is 7.56. The monoisotopic (exact) mass is 290 g/mol. The molecule has 1 aliphatic heterocycles. The minimum atomic E-state index is -0.333. The van der Waals surface area contributed by atoms with Gasteiger partial charge in [-0.25, -0.2) is 4.79 Å². The molecule has 21 heavy (non-hydrogen) atoms. The van der Waals surface area contributed by atoms with E-state index in [1.54, 1.807) is 6.08 Å². The van der Waals surface area contributed by atoms with E-state index in [-0.39, 0.29) is 28.7 Å². The maximum Gasteiger partial charge on any atom is 0.338 e. The molecular weight excluding hydrogens is 268 g/mol. The van der Waals surface area contributed by atoms with Crippen LogP contribution in [0.3, 0.4) is 0 Å². The van der Waals surface area contributed by atoms with Crippen molar-refractivity contribution in [2.45, 2.75) is 47.0 Å². The standard InChI is InChI=1S/C17H22O4/c1-10(18)21-13-8-11-12(9-20-15(11)19)17(4)7-5-6-16(2,3)14(13)17/h8,14H,5-7,9H2,1-4H3/t14-,17+/m0/s1. The minimum Gasteiger partial charge on any atom is -0.458 e. The Labute approximate surface area is 125 Å². The second-order valence-electron chi connectivity index (χ2n) is 7.30. The van der Waals surface area contributed by atoms with Crippen LogP contribution in [0.15, 0.2) is 23.0 Å². The van der Waals surface area contributed by atoms with Gasteiger partial charge in [-0.05, 0) is 29.9 Å². The average molecular weight is 290 g/mol. The Bertz CT molecular complexity index is 582. The van der Waals surface area contributed by atoms with E-state index in [0.717, 1.165) is 24.8 Å². The molecule has 1 heterocycles. The van der Waals surface area contributed by atoms with Crippen LogP contribution in [0, 0.1) is 16.7 Å². The molecule has 0 saturated heterocycles. The van der Waals surface area contributed by atoms with Crippen molar-refractivity contribution in [3.63, 3.8) is 0 Å². The molecule has 0 bridgehead atoms. The zero-order valence-corrected chi connectivity index (χ0v) is 13.1. The van der Waals surface area contributed by atoms with Gasteiger partial charge in [0.15, 0.2) is 0 Å². The van der Waals surface area contributed by atoms with Crippen molar-refractivity contribution in [3.05, 3.63) is 23.0 Å². The predicted molar refractivity (Wildman–Crippen MR) is 77.1 cm³/mol. The maximum absolute atomic E-state index is 12.0. The number of allylic oxidation sites excluding steroid dienone is 1. The molecule has 0 amide bonds. The highest BCUT2D eigenvalue weighted by Gasteiger charge is 2.55. The van der Waals surface area contributed by atoms with E-state index >= 15 is 0 Å². The zero-order valence-electron chi connectivity index (χ0n) is 13.1. The lowest BCUT2D eigenvalue weighted by molar-refractivity contribution is -0.140. The van der Waals surface area contributed by atoms with Crippen molar-refractivity contribution in [3.8, 4) is 0 Å². The maximum atomic E-state index is 12.0. The van der Waals surface area contributed by atoms with E-state index in [1.165, 1.54) is 6.92 Å². The summed E-state index contributed by atoms with van der Waals surface area (Å²) in [5.74, 6) is 0.112. The van der Waals surface area contributed by atoms with Gasteiger partial charge in [0, 0.05) is 18.3 Å².